The molecular formula is C11H20N2O2. The lowest BCUT2D eigenvalue weighted by molar-refractivity contribution is -0.480. The minimum atomic E-state index is -0.248. The second-order valence-corrected chi connectivity index (χ2v) is 4.68. The zero-order valence-electron chi connectivity index (χ0n) is 9.37. The monoisotopic (exact) mass is 212 g/mol. The molecular weight excluding hydrogens is 192 g/mol. The van der Waals surface area contributed by atoms with Gasteiger partial charge < -0.3 is 5.73 Å². The molecule has 0 heterocycles. The lowest BCUT2D eigenvalue weighted by Crippen LogP contribution is -2.35. The van der Waals surface area contributed by atoms with Crippen LogP contribution in [0, 0.1) is 10.1 Å². The van der Waals surface area contributed by atoms with Crippen LogP contribution < -0.4 is 5.73 Å². The molecule has 0 bridgehead atoms. The lowest BCUT2D eigenvalue weighted by atomic mass is 9.84. The molecule has 0 aromatic rings. The van der Waals surface area contributed by atoms with E-state index in [0.29, 0.717) is 6.42 Å². The molecule has 0 amide bonds. The van der Waals surface area contributed by atoms with E-state index in [1.54, 1.807) is 0 Å². The third-order valence-electron chi connectivity index (χ3n) is 2.84. The Bertz CT molecular complexity index is 259. The van der Waals surface area contributed by atoms with Crippen molar-refractivity contribution in [3.05, 3.63) is 21.8 Å². The van der Waals surface area contributed by atoms with Gasteiger partial charge >= 0.3 is 0 Å². The summed E-state index contributed by atoms with van der Waals surface area (Å²) in [4.78, 5) is 9.88. The second-order valence-electron chi connectivity index (χ2n) is 4.68. The van der Waals surface area contributed by atoms with Crippen LogP contribution in [0.1, 0.15) is 45.4 Å². The first-order valence-corrected chi connectivity index (χ1v) is 5.61. The number of allylic oxidation sites excluding steroid dienone is 1. The van der Waals surface area contributed by atoms with E-state index in [1.165, 1.54) is 5.57 Å². The van der Waals surface area contributed by atoms with Gasteiger partial charge in [-0.25, -0.2) is 0 Å². The van der Waals surface area contributed by atoms with E-state index in [-0.39, 0.29) is 17.0 Å². The molecule has 15 heavy (non-hydrogen) atoms. The number of nitrogens with two attached hydrogens (primary N) is 1. The number of unbranched alkanes of at least 4 members (excludes halogenated alkanes) is 1. The molecule has 1 aliphatic rings. The van der Waals surface area contributed by atoms with Crippen LogP contribution in [0.4, 0.5) is 0 Å². The largest absolute Gasteiger partial charge is 0.322 e. The zero-order valence-corrected chi connectivity index (χ0v) is 9.37. The molecule has 4 heteroatoms. The van der Waals surface area contributed by atoms with Crippen molar-refractivity contribution in [2.45, 2.75) is 51.0 Å². The van der Waals surface area contributed by atoms with Crippen molar-refractivity contribution in [2.24, 2.45) is 5.73 Å². The van der Waals surface area contributed by atoms with E-state index in [0.717, 1.165) is 32.1 Å². The van der Waals surface area contributed by atoms with Gasteiger partial charge in [0.25, 0.3) is 0 Å². The topological polar surface area (TPSA) is 69.2 Å². The average Bonchev–Trinajstić information content (AvgIpc) is 2.10. The van der Waals surface area contributed by atoms with Gasteiger partial charge in [-0.2, -0.15) is 0 Å². The van der Waals surface area contributed by atoms with Crippen LogP contribution in [0.2, 0.25) is 0 Å². The van der Waals surface area contributed by atoms with E-state index in [4.69, 9.17) is 5.73 Å². The van der Waals surface area contributed by atoms with Crippen LogP contribution in [0.3, 0.4) is 0 Å². The number of nitrogens with zero attached hydrogens (tertiary/aromatic N) is 1. The maximum Gasteiger partial charge on any atom is 0.203 e. The van der Waals surface area contributed by atoms with E-state index >= 15 is 0 Å². The van der Waals surface area contributed by atoms with Crippen molar-refractivity contribution in [3.8, 4) is 0 Å². The predicted octanol–water partition coefficient (Wildman–Crippen LogP) is 2.26. The fraction of sp³-hybridized carbons (Fsp3) is 0.818. The zero-order chi connectivity index (χ0) is 11.3. The van der Waals surface area contributed by atoms with Crippen LogP contribution in [-0.2, 0) is 0 Å². The Morgan fingerprint density at radius 1 is 1.60 bits per heavy atom. The molecule has 0 aromatic carbocycles. The molecule has 0 saturated heterocycles. The molecule has 0 aromatic heterocycles. The molecule has 1 atom stereocenters. The van der Waals surface area contributed by atoms with E-state index in [2.05, 4.69) is 6.08 Å². The standard InChI is InChI=1S/C11H20N2O2/c1-11(12)7-4-6-10(9-11)5-2-3-8-13(14)15/h9H,2-8,12H2,1H3. The summed E-state index contributed by atoms with van der Waals surface area (Å²) in [5.41, 5.74) is 7.26. The van der Waals surface area contributed by atoms with Crippen LogP contribution in [0.5, 0.6) is 0 Å². The summed E-state index contributed by atoms with van der Waals surface area (Å²) < 4.78 is 0. The van der Waals surface area contributed by atoms with Gasteiger partial charge in [-0.05, 0) is 39.0 Å². The summed E-state index contributed by atoms with van der Waals surface area (Å²) >= 11 is 0. The van der Waals surface area contributed by atoms with Crippen molar-refractivity contribution in [2.75, 3.05) is 6.54 Å². The SMILES string of the molecule is CC1(N)C=C(CCCC[N+](=O)[O-])CCC1. The molecule has 1 rings (SSSR count). The quantitative estimate of drug-likeness (QED) is 0.329. The normalized spacial score (nSPS) is 26.1. The summed E-state index contributed by atoms with van der Waals surface area (Å²) in [6.45, 7) is 2.14. The first kappa shape index (κ1) is 12.2. The molecule has 0 saturated carbocycles. The Balaban J connectivity index is 2.26. The Labute approximate surface area is 90.7 Å². The fourth-order valence-electron chi connectivity index (χ4n) is 2.10. The average molecular weight is 212 g/mol. The summed E-state index contributed by atoms with van der Waals surface area (Å²) in [6.07, 6.45) is 8.02. The summed E-state index contributed by atoms with van der Waals surface area (Å²) in [6, 6.07) is 0. The Morgan fingerprint density at radius 3 is 2.93 bits per heavy atom. The van der Waals surface area contributed by atoms with E-state index in [1.807, 2.05) is 6.92 Å². The minimum absolute atomic E-state index is 0.0904. The summed E-state index contributed by atoms with van der Waals surface area (Å²) in [7, 11) is 0. The molecule has 0 aliphatic heterocycles. The fourth-order valence-corrected chi connectivity index (χ4v) is 2.10. The smallest absolute Gasteiger partial charge is 0.203 e. The summed E-state index contributed by atoms with van der Waals surface area (Å²) in [5, 5.41) is 10.1. The number of hydrogen-bond acceptors (Lipinski definition) is 3. The van der Waals surface area contributed by atoms with Crippen molar-refractivity contribution < 1.29 is 4.92 Å². The Hall–Kier alpha value is -0.900. The van der Waals surface area contributed by atoms with Crippen molar-refractivity contribution >= 4 is 0 Å². The predicted molar refractivity (Wildman–Crippen MR) is 60.2 cm³/mol. The molecule has 0 spiro atoms. The van der Waals surface area contributed by atoms with Gasteiger partial charge in [-0.1, -0.05) is 11.6 Å². The highest BCUT2D eigenvalue weighted by molar-refractivity contribution is 5.15. The molecule has 0 fully saturated rings. The van der Waals surface area contributed by atoms with Crippen LogP contribution in [0.25, 0.3) is 0 Å². The molecule has 4 nitrogen and oxygen atoms in total. The summed E-state index contributed by atoms with van der Waals surface area (Å²) in [5.74, 6) is 0. The van der Waals surface area contributed by atoms with Crippen molar-refractivity contribution in [1.82, 2.24) is 0 Å². The molecule has 86 valence electrons. The van der Waals surface area contributed by atoms with Gasteiger partial charge in [0, 0.05) is 16.9 Å². The minimum Gasteiger partial charge on any atom is -0.322 e. The van der Waals surface area contributed by atoms with Gasteiger partial charge in [-0.15, -0.1) is 0 Å². The number of hydrogen-bond donors (Lipinski definition) is 1. The Morgan fingerprint density at radius 2 is 2.33 bits per heavy atom. The van der Waals surface area contributed by atoms with Crippen LogP contribution >= 0.6 is 0 Å². The highest BCUT2D eigenvalue weighted by Gasteiger charge is 2.20. The van der Waals surface area contributed by atoms with E-state index < -0.39 is 0 Å². The third kappa shape index (κ3) is 4.93. The molecule has 1 unspecified atom stereocenters. The first-order chi connectivity index (χ1) is 6.99. The second kappa shape index (κ2) is 5.26. The first-order valence-electron chi connectivity index (χ1n) is 5.61. The molecule has 1 aliphatic carbocycles. The van der Waals surface area contributed by atoms with Gasteiger partial charge in [-0.3, -0.25) is 10.1 Å². The third-order valence-corrected chi connectivity index (χ3v) is 2.84. The van der Waals surface area contributed by atoms with Gasteiger partial charge in [0.05, 0.1) is 0 Å². The Kier molecular flexibility index (Phi) is 4.27. The molecule has 2 N–H and O–H groups in total. The van der Waals surface area contributed by atoms with Crippen LogP contribution in [-0.4, -0.2) is 17.0 Å². The number of rotatable bonds is 5. The van der Waals surface area contributed by atoms with Gasteiger partial charge in [0.2, 0.25) is 6.54 Å². The highest BCUT2D eigenvalue weighted by Crippen LogP contribution is 2.27. The molecule has 0 radical (unpaired) electrons. The highest BCUT2D eigenvalue weighted by atomic mass is 16.6. The van der Waals surface area contributed by atoms with Gasteiger partial charge in [0.1, 0.15) is 0 Å². The van der Waals surface area contributed by atoms with Gasteiger partial charge in [0.15, 0.2) is 0 Å². The maximum atomic E-state index is 10.1. The van der Waals surface area contributed by atoms with Crippen molar-refractivity contribution in [3.63, 3.8) is 0 Å². The van der Waals surface area contributed by atoms with E-state index in [9.17, 15) is 10.1 Å². The van der Waals surface area contributed by atoms with Crippen LogP contribution in [0.15, 0.2) is 11.6 Å². The number of nitro groups is 1. The van der Waals surface area contributed by atoms with Crippen molar-refractivity contribution in [1.29, 1.82) is 0 Å². The maximum absolute atomic E-state index is 10.1. The lowest BCUT2D eigenvalue weighted by Gasteiger charge is -2.27.